The average Bonchev–Trinajstić information content (AvgIpc) is 3.25. The summed E-state index contributed by atoms with van der Waals surface area (Å²) in [7, 11) is 0. The highest BCUT2D eigenvalue weighted by molar-refractivity contribution is 5.88. The Balaban J connectivity index is 1.21. The van der Waals surface area contributed by atoms with Gasteiger partial charge in [0.1, 0.15) is 88.9 Å². The SMILES string of the molecule is C[C@@H]1O[C@@H](OC[C@H]2O[C@@H](Oc3c(-c4ccc(O)cc4)oc4cc(O[C@@H]5O[C@@H](C)[C@H](O)[C@@H](O)[C@H]5O)cc(O)c4c3=O)[C@H](O)[C@@H](O)[C@H]2OC(=O)/C=C\c2ccc(O)cc2)[C@H](O)[C@H](O)[C@H]1O. The summed E-state index contributed by atoms with van der Waals surface area (Å²) < 4.78 is 45.9. The molecule has 3 aliphatic rings. The zero-order chi connectivity index (χ0) is 45.4. The molecule has 0 radical (unpaired) electrons. The second-order valence-electron chi connectivity index (χ2n) is 15.2. The summed E-state index contributed by atoms with van der Waals surface area (Å²) in [6, 6.07) is 13.0. The Labute approximate surface area is 356 Å². The van der Waals surface area contributed by atoms with Gasteiger partial charge in [0.15, 0.2) is 18.2 Å². The van der Waals surface area contributed by atoms with E-state index >= 15 is 0 Å². The van der Waals surface area contributed by atoms with E-state index in [0.29, 0.717) is 5.56 Å². The van der Waals surface area contributed by atoms with Crippen LogP contribution in [0.5, 0.6) is 28.7 Å². The first-order valence-corrected chi connectivity index (χ1v) is 19.6. The maximum atomic E-state index is 14.3. The number of benzene rings is 3. The molecule has 3 aliphatic heterocycles. The Kier molecular flexibility index (Phi) is 13.6. The van der Waals surface area contributed by atoms with E-state index < -0.39 is 127 Å². The van der Waals surface area contributed by atoms with Crippen LogP contribution < -0.4 is 14.9 Å². The van der Waals surface area contributed by atoms with Crippen LogP contribution in [0.1, 0.15) is 19.4 Å². The van der Waals surface area contributed by atoms with Crippen molar-refractivity contribution in [3.05, 3.63) is 82.5 Å². The number of phenols is 3. The van der Waals surface area contributed by atoms with Gasteiger partial charge in [-0.15, -0.1) is 0 Å². The van der Waals surface area contributed by atoms with Gasteiger partial charge in [-0.25, -0.2) is 4.79 Å². The summed E-state index contributed by atoms with van der Waals surface area (Å²) in [5.74, 6) is -3.26. The molecule has 7 rings (SSSR count). The number of carbonyl (C=O) groups is 1. The maximum Gasteiger partial charge on any atom is 0.331 e. The molecule has 0 saturated carbocycles. The van der Waals surface area contributed by atoms with Gasteiger partial charge in [-0.05, 0) is 61.9 Å². The van der Waals surface area contributed by atoms with Gasteiger partial charge >= 0.3 is 5.97 Å². The molecule has 21 heteroatoms. The second-order valence-corrected chi connectivity index (χ2v) is 15.2. The fraction of sp³-hybridized carbons (Fsp3) is 0.429. The van der Waals surface area contributed by atoms with Crippen LogP contribution in [0.2, 0.25) is 0 Å². The highest BCUT2D eigenvalue weighted by Gasteiger charge is 2.50. The number of rotatable bonds is 11. The number of phenolic OH excluding ortho intramolecular Hbond substituents is 3. The number of carbonyl (C=O) groups excluding carboxylic acids is 1. The molecule has 3 aromatic carbocycles. The lowest BCUT2D eigenvalue weighted by atomic mass is 9.98. The largest absolute Gasteiger partial charge is 0.508 e. The Morgan fingerprint density at radius 1 is 0.667 bits per heavy atom. The van der Waals surface area contributed by atoms with Crippen LogP contribution in [-0.2, 0) is 28.5 Å². The third kappa shape index (κ3) is 9.60. The van der Waals surface area contributed by atoms with Crippen molar-refractivity contribution in [2.45, 2.75) is 106 Å². The maximum absolute atomic E-state index is 14.3. The van der Waals surface area contributed by atoms with Crippen LogP contribution in [0, 0.1) is 0 Å². The van der Waals surface area contributed by atoms with Crippen LogP contribution in [0.3, 0.4) is 0 Å². The molecule has 0 amide bonds. The van der Waals surface area contributed by atoms with Crippen molar-refractivity contribution in [3.8, 4) is 40.1 Å². The highest BCUT2D eigenvalue weighted by atomic mass is 16.7. The Morgan fingerprint density at radius 3 is 1.86 bits per heavy atom. The zero-order valence-corrected chi connectivity index (χ0v) is 33.3. The summed E-state index contributed by atoms with van der Waals surface area (Å²) in [5, 5.41) is 115. The van der Waals surface area contributed by atoms with Gasteiger partial charge in [-0.3, -0.25) is 4.79 Å². The van der Waals surface area contributed by atoms with Crippen LogP contribution in [0.4, 0.5) is 0 Å². The topological polar surface area (TPSA) is 334 Å². The van der Waals surface area contributed by atoms with Crippen molar-refractivity contribution < 1.29 is 98.5 Å². The number of ether oxygens (including phenoxy) is 7. The molecule has 3 saturated heterocycles. The average molecular weight is 887 g/mol. The summed E-state index contributed by atoms with van der Waals surface area (Å²) in [4.78, 5) is 27.4. The van der Waals surface area contributed by atoms with Gasteiger partial charge in [0.05, 0.1) is 18.8 Å². The summed E-state index contributed by atoms with van der Waals surface area (Å²) in [6.07, 6.45) is -22.0. The standard InChI is InChI=1S/C42H46O21/c1-16-28(47)31(50)34(53)40(57-16)56-15-25-38(62-26(46)12-5-18-3-8-20(43)9-4-18)33(52)36(55)42(61-25)63-39-30(49)27-23(45)13-22(59-41-35(54)32(51)29(48)17(2)58-41)14-24(27)60-37(39)19-6-10-21(44)11-7-19/h3-14,16-17,25,28-29,31-36,38,40-45,47-48,50-55H,15H2,1-2H3/b12-5-/t16-,17-,25+,28-,29-,31+,32+,33+,34+,35+,36+,38-,40+,41-,42-/m0/s1. The fourth-order valence-corrected chi connectivity index (χ4v) is 7.14. The first kappa shape index (κ1) is 45.6. The molecule has 0 aliphatic carbocycles. The van der Waals surface area contributed by atoms with Gasteiger partial charge in [-0.1, -0.05) is 12.1 Å². The van der Waals surface area contributed by atoms with Crippen molar-refractivity contribution >= 4 is 23.0 Å². The zero-order valence-electron chi connectivity index (χ0n) is 33.3. The van der Waals surface area contributed by atoms with Crippen molar-refractivity contribution in [1.82, 2.24) is 0 Å². The molecule has 0 unspecified atom stereocenters. The molecule has 21 nitrogen and oxygen atoms in total. The summed E-state index contributed by atoms with van der Waals surface area (Å²) in [6.45, 7) is 2.13. The van der Waals surface area contributed by atoms with Crippen molar-refractivity contribution in [3.63, 3.8) is 0 Å². The summed E-state index contributed by atoms with van der Waals surface area (Å²) >= 11 is 0. The van der Waals surface area contributed by atoms with Crippen LogP contribution in [0.15, 0.2) is 76.0 Å². The van der Waals surface area contributed by atoms with Crippen LogP contribution >= 0.6 is 0 Å². The van der Waals surface area contributed by atoms with E-state index in [1.165, 1.54) is 68.5 Å². The lowest BCUT2D eigenvalue weighted by Gasteiger charge is -2.43. The molecule has 4 aromatic rings. The second kappa shape index (κ2) is 18.8. The molecule has 1 aromatic heterocycles. The van der Waals surface area contributed by atoms with Gasteiger partial charge < -0.3 is 93.7 Å². The lowest BCUT2D eigenvalue weighted by molar-refractivity contribution is -0.319. The van der Waals surface area contributed by atoms with Crippen molar-refractivity contribution in [2.24, 2.45) is 0 Å². The fourth-order valence-electron chi connectivity index (χ4n) is 7.14. The number of fused-ring (bicyclic) bond motifs is 1. The van der Waals surface area contributed by atoms with Crippen LogP contribution in [-0.4, -0.2) is 161 Å². The molecular formula is C42H46O21. The molecule has 4 heterocycles. The van der Waals surface area contributed by atoms with E-state index in [4.69, 9.17) is 37.6 Å². The predicted molar refractivity (Wildman–Crippen MR) is 211 cm³/mol. The first-order valence-electron chi connectivity index (χ1n) is 19.6. The number of aliphatic hydroxyl groups excluding tert-OH is 8. The molecule has 15 atom stereocenters. The third-order valence-electron chi connectivity index (χ3n) is 10.8. The molecule has 3 fully saturated rings. The molecule has 0 bridgehead atoms. The predicted octanol–water partition coefficient (Wildman–Crippen LogP) is -0.922. The minimum Gasteiger partial charge on any atom is -0.508 e. The molecule has 340 valence electrons. The number of aromatic hydroxyl groups is 3. The number of aliphatic hydroxyl groups is 8. The Bertz CT molecular complexity index is 2320. The Hall–Kier alpha value is -5.40. The van der Waals surface area contributed by atoms with Crippen molar-refractivity contribution in [1.29, 1.82) is 0 Å². The molecule has 0 spiro atoms. The van der Waals surface area contributed by atoms with Crippen molar-refractivity contribution in [2.75, 3.05) is 6.61 Å². The normalized spacial score (nSPS) is 33.6. The number of esters is 1. The van der Waals surface area contributed by atoms with E-state index in [2.05, 4.69) is 0 Å². The minimum absolute atomic E-state index is 0.0202. The Morgan fingerprint density at radius 2 is 1.22 bits per heavy atom. The quantitative estimate of drug-likeness (QED) is 0.0641. The van der Waals surface area contributed by atoms with Gasteiger partial charge in [0.25, 0.3) is 0 Å². The van der Waals surface area contributed by atoms with E-state index in [0.717, 1.165) is 18.2 Å². The molecular weight excluding hydrogens is 840 g/mol. The van der Waals surface area contributed by atoms with E-state index in [1.807, 2.05) is 0 Å². The summed E-state index contributed by atoms with van der Waals surface area (Å²) in [5.41, 5.74) is -0.796. The monoisotopic (exact) mass is 886 g/mol. The van der Waals surface area contributed by atoms with E-state index in [1.54, 1.807) is 0 Å². The highest BCUT2D eigenvalue weighted by Crippen LogP contribution is 2.39. The van der Waals surface area contributed by atoms with E-state index in [9.17, 15) is 65.8 Å². The molecule has 11 N–H and O–H groups in total. The van der Waals surface area contributed by atoms with Gasteiger partial charge in [0.2, 0.25) is 23.8 Å². The van der Waals surface area contributed by atoms with E-state index in [-0.39, 0.29) is 34.2 Å². The van der Waals surface area contributed by atoms with Gasteiger partial charge in [-0.2, -0.15) is 0 Å². The number of hydrogen-bond donors (Lipinski definition) is 11. The molecule has 63 heavy (non-hydrogen) atoms. The van der Waals surface area contributed by atoms with Crippen LogP contribution in [0.25, 0.3) is 28.4 Å². The number of hydrogen-bond acceptors (Lipinski definition) is 21. The lowest BCUT2D eigenvalue weighted by Crippen LogP contribution is -2.62. The smallest absolute Gasteiger partial charge is 0.331 e. The van der Waals surface area contributed by atoms with Gasteiger partial charge in [0, 0.05) is 23.8 Å². The third-order valence-corrected chi connectivity index (χ3v) is 10.8. The minimum atomic E-state index is -2.10. The first-order chi connectivity index (χ1) is 29.9.